The fourth-order valence-corrected chi connectivity index (χ4v) is 9.43. The van der Waals surface area contributed by atoms with Gasteiger partial charge in [-0.2, -0.15) is 0 Å². The van der Waals surface area contributed by atoms with Gasteiger partial charge in [-0.05, 0) is 0 Å². The molecule has 0 saturated carbocycles. The van der Waals surface area contributed by atoms with E-state index >= 15 is 0 Å². The van der Waals surface area contributed by atoms with Crippen LogP contribution in [-0.2, 0) is 0 Å². The van der Waals surface area contributed by atoms with Crippen LogP contribution in [-0.4, -0.2) is 52.9 Å². The first-order valence-electron chi connectivity index (χ1n) is 4.83. The molecule has 0 aliphatic carbocycles. The van der Waals surface area contributed by atoms with Crippen LogP contribution in [0.15, 0.2) is 0 Å². The molecule has 92 valence electrons. The number of hydrogen-bond acceptors (Lipinski definition) is 4. The van der Waals surface area contributed by atoms with Crippen molar-refractivity contribution in [3.63, 3.8) is 0 Å². The molecule has 0 fully saturated rings. The van der Waals surface area contributed by atoms with Crippen molar-refractivity contribution in [2.45, 2.75) is 21.3 Å². The van der Waals surface area contributed by atoms with Gasteiger partial charge in [-0.25, -0.2) is 0 Å². The van der Waals surface area contributed by atoms with E-state index in [1.807, 2.05) is 0 Å². The summed E-state index contributed by atoms with van der Waals surface area (Å²) in [5.74, 6) is 4.02. The Morgan fingerprint density at radius 1 is 0.733 bits per heavy atom. The monoisotopic (exact) mass is 416 g/mol. The van der Waals surface area contributed by atoms with E-state index < -0.39 is 0 Å². The van der Waals surface area contributed by atoms with Gasteiger partial charge in [0.25, 0.3) is 0 Å². The van der Waals surface area contributed by atoms with Crippen LogP contribution in [0, 0.1) is 5.41 Å². The number of thiol groups is 4. The van der Waals surface area contributed by atoms with Crippen LogP contribution in [0.25, 0.3) is 0 Å². The maximum atomic E-state index is 4.52. The second-order valence-corrected chi connectivity index (χ2v) is 9.53. The number of rotatable bonds is 10. The molecule has 0 N–H and O–H groups in total. The Labute approximate surface area is 129 Å². The number of hydrogen-bond donors (Lipinski definition) is 4. The van der Waals surface area contributed by atoms with Crippen molar-refractivity contribution in [1.29, 1.82) is 0 Å². The summed E-state index contributed by atoms with van der Waals surface area (Å²) >= 11 is 19.0. The van der Waals surface area contributed by atoms with Crippen LogP contribution in [0.3, 0.4) is 0 Å². The standard InChI is InChI=1S/C9H20S4Se2/c10-1-3-14-7-9(5-12,6-13)8-15-4-2-11/h10-13H,1-8H2. The fourth-order valence-electron chi connectivity index (χ4n) is 0.981. The van der Waals surface area contributed by atoms with Gasteiger partial charge in [0.1, 0.15) is 0 Å². The van der Waals surface area contributed by atoms with Gasteiger partial charge in [-0.1, -0.05) is 0 Å². The molecule has 0 spiro atoms. The van der Waals surface area contributed by atoms with E-state index in [0.29, 0.717) is 5.41 Å². The molecule has 0 atom stereocenters. The summed E-state index contributed by atoms with van der Waals surface area (Å²) < 4.78 is 0. The summed E-state index contributed by atoms with van der Waals surface area (Å²) in [7, 11) is 0. The Morgan fingerprint density at radius 2 is 1.13 bits per heavy atom. The molecule has 6 heteroatoms. The zero-order valence-electron chi connectivity index (χ0n) is 8.76. The van der Waals surface area contributed by atoms with Crippen molar-refractivity contribution in [2.24, 2.45) is 5.41 Å². The molecule has 0 radical (unpaired) electrons. The predicted molar refractivity (Wildman–Crippen MR) is 88.6 cm³/mol. The Morgan fingerprint density at radius 3 is 1.40 bits per heavy atom. The summed E-state index contributed by atoms with van der Waals surface area (Å²) in [4.78, 5) is 0. The van der Waals surface area contributed by atoms with Gasteiger partial charge < -0.3 is 0 Å². The normalized spacial score (nSPS) is 12.0. The van der Waals surface area contributed by atoms with Crippen molar-refractivity contribution in [2.75, 3.05) is 23.0 Å². The second-order valence-electron chi connectivity index (χ2n) is 3.37. The van der Waals surface area contributed by atoms with Gasteiger partial charge in [0.15, 0.2) is 0 Å². The van der Waals surface area contributed by atoms with E-state index in [-0.39, 0.29) is 0 Å². The molecule has 0 aromatic heterocycles. The van der Waals surface area contributed by atoms with E-state index in [2.05, 4.69) is 50.5 Å². The molecule has 0 aromatic carbocycles. The van der Waals surface area contributed by atoms with E-state index in [1.165, 1.54) is 21.3 Å². The van der Waals surface area contributed by atoms with Crippen molar-refractivity contribution < 1.29 is 0 Å². The first-order valence-corrected chi connectivity index (χ1v) is 12.2. The van der Waals surface area contributed by atoms with Gasteiger partial charge in [0.2, 0.25) is 0 Å². The van der Waals surface area contributed by atoms with E-state index in [9.17, 15) is 0 Å². The molecule has 15 heavy (non-hydrogen) atoms. The zero-order valence-corrected chi connectivity index (χ0v) is 15.8. The molecule has 0 amide bonds. The minimum absolute atomic E-state index is 0.401. The van der Waals surface area contributed by atoms with Gasteiger partial charge in [-0.3, -0.25) is 0 Å². The Kier molecular flexibility index (Phi) is 13.4. The van der Waals surface area contributed by atoms with Crippen LogP contribution in [0.4, 0.5) is 0 Å². The topological polar surface area (TPSA) is 0 Å². The molecule has 0 unspecified atom stereocenters. The molecule has 0 aliphatic heterocycles. The Hall–Kier alpha value is 2.44. The molecular formula is C9H20S4Se2. The van der Waals surface area contributed by atoms with Gasteiger partial charge >= 0.3 is 130 Å². The Bertz CT molecular complexity index is 130. The SMILES string of the molecule is SCC[Se]CC(CS)(CS)C[Se]CCS. The van der Waals surface area contributed by atoms with Gasteiger partial charge in [0, 0.05) is 0 Å². The van der Waals surface area contributed by atoms with E-state index in [1.54, 1.807) is 0 Å². The molecule has 0 rings (SSSR count). The predicted octanol–water partition coefficient (Wildman–Crippen LogP) is 2.77. The molecular weight excluding hydrogens is 394 g/mol. The summed E-state index contributed by atoms with van der Waals surface area (Å²) in [6.45, 7) is 0. The summed E-state index contributed by atoms with van der Waals surface area (Å²) in [5, 5.41) is 5.20. The molecule has 0 saturated heterocycles. The molecule has 0 aliphatic rings. The average molecular weight is 414 g/mol. The summed E-state index contributed by atoms with van der Waals surface area (Å²) in [6.07, 6.45) is 0. The quantitative estimate of drug-likeness (QED) is 0.236. The van der Waals surface area contributed by atoms with Crippen molar-refractivity contribution in [1.82, 2.24) is 0 Å². The fraction of sp³-hybridized carbons (Fsp3) is 1.00. The van der Waals surface area contributed by atoms with Crippen LogP contribution in [0.1, 0.15) is 0 Å². The van der Waals surface area contributed by atoms with E-state index in [4.69, 9.17) is 0 Å². The van der Waals surface area contributed by atoms with Crippen LogP contribution in [0.5, 0.6) is 0 Å². The van der Waals surface area contributed by atoms with Crippen molar-refractivity contribution >= 4 is 80.4 Å². The average Bonchev–Trinajstić information content (AvgIpc) is 2.28. The van der Waals surface area contributed by atoms with E-state index in [0.717, 1.165) is 52.9 Å². The minimum atomic E-state index is 0.401. The third-order valence-electron chi connectivity index (χ3n) is 1.96. The Balaban J connectivity index is 3.93. The third kappa shape index (κ3) is 8.20. The van der Waals surface area contributed by atoms with Gasteiger partial charge in [-0.15, -0.1) is 0 Å². The molecule has 0 bridgehead atoms. The van der Waals surface area contributed by atoms with Crippen LogP contribution >= 0.6 is 50.5 Å². The van der Waals surface area contributed by atoms with Crippen LogP contribution in [0.2, 0.25) is 21.3 Å². The first kappa shape index (κ1) is 17.4. The molecule has 0 heterocycles. The third-order valence-corrected chi connectivity index (χ3v) is 10.6. The molecule has 0 aromatic rings. The second kappa shape index (κ2) is 11.5. The molecule has 0 nitrogen and oxygen atoms in total. The van der Waals surface area contributed by atoms with Crippen molar-refractivity contribution in [3.05, 3.63) is 0 Å². The maximum absolute atomic E-state index is 4.52. The summed E-state index contributed by atoms with van der Waals surface area (Å²) in [5.41, 5.74) is 0.401. The van der Waals surface area contributed by atoms with Gasteiger partial charge in [0.05, 0.1) is 0 Å². The van der Waals surface area contributed by atoms with Crippen LogP contribution < -0.4 is 0 Å². The van der Waals surface area contributed by atoms with Crippen molar-refractivity contribution in [3.8, 4) is 0 Å². The summed E-state index contributed by atoms with van der Waals surface area (Å²) in [6, 6.07) is 0. The zero-order chi connectivity index (χ0) is 11.6. The first-order chi connectivity index (χ1) is 7.24.